The number of hydrogen-bond acceptors (Lipinski definition) is 5. The third-order valence-corrected chi connectivity index (χ3v) is 6.48. The van der Waals surface area contributed by atoms with Crippen molar-refractivity contribution in [2.24, 2.45) is 11.8 Å². The molecule has 156 valence electrons. The molecule has 0 saturated heterocycles. The number of amides is 1. The van der Waals surface area contributed by atoms with E-state index in [0.717, 1.165) is 23.7 Å². The maximum atomic E-state index is 12.9. The minimum Gasteiger partial charge on any atom is -0.420 e. The average Bonchev–Trinajstić information content (AvgIpc) is 3.51. The molecular formula is C23H27N5O2. The Bertz CT molecular complexity index is 1080. The first-order chi connectivity index (χ1) is 14.5. The number of carbonyl (C=O) groups excluding carboxylic acids is 1. The lowest BCUT2D eigenvalue weighted by molar-refractivity contribution is 0.0923. The predicted octanol–water partition coefficient (Wildman–Crippen LogP) is 4.27. The van der Waals surface area contributed by atoms with E-state index in [0.29, 0.717) is 35.0 Å². The maximum Gasteiger partial charge on any atom is 0.268 e. The highest BCUT2D eigenvalue weighted by Gasteiger charge is 2.40. The Balaban J connectivity index is 1.43. The molecule has 7 heteroatoms. The first kappa shape index (κ1) is 19.0. The fraction of sp³-hybridized carbons (Fsp3) is 0.478. The second kappa shape index (κ2) is 7.38. The summed E-state index contributed by atoms with van der Waals surface area (Å²) >= 11 is 0. The van der Waals surface area contributed by atoms with Gasteiger partial charge in [0.25, 0.3) is 11.8 Å². The fourth-order valence-electron chi connectivity index (χ4n) is 4.97. The number of fused-ring (bicyclic) bond motifs is 2. The van der Waals surface area contributed by atoms with E-state index in [9.17, 15) is 4.79 Å². The van der Waals surface area contributed by atoms with Gasteiger partial charge in [0.05, 0.1) is 5.69 Å². The van der Waals surface area contributed by atoms with Crippen molar-refractivity contribution in [3.05, 3.63) is 47.5 Å². The van der Waals surface area contributed by atoms with E-state index in [1.54, 1.807) is 6.92 Å². The summed E-state index contributed by atoms with van der Waals surface area (Å²) in [5.41, 5.74) is 3.17. The second-order valence-electron chi connectivity index (χ2n) is 8.95. The molecule has 0 aliphatic heterocycles. The number of hydrogen-bond donors (Lipinski definition) is 1. The van der Waals surface area contributed by atoms with Crippen LogP contribution in [0.5, 0.6) is 0 Å². The molecular weight excluding hydrogens is 378 g/mol. The molecule has 3 atom stereocenters. The molecule has 1 unspecified atom stereocenters. The van der Waals surface area contributed by atoms with E-state index < -0.39 is 0 Å². The Hall–Kier alpha value is -2.96. The van der Waals surface area contributed by atoms with Crippen LogP contribution in [0.1, 0.15) is 67.4 Å². The SMILES string of the molecule is Cc1nnc(-c2cc(C(C)C)n(-c3cccc(C(=O)NC4C[C@H]5CC[C@@H]4C5)c3)n2)o1. The van der Waals surface area contributed by atoms with Crippen LogP contribution in [0.2, 0.25) is 0 Å². The first-order valence-electron chi connectivity index (χ1n) is 10.8. The van der Waals surface area contributed by atoms with Crippen LogP contribution < -0.4 is 5.32 Å². The third-order valence-electron chi connectivity index (χ3n) is 6.48. The summed E-state index contributed by atoms with van der Waals surface area (Å²) in [6.45, 7) is 5.99. The molecule has 2 fully saturated rings. The Morgan fingerprint density at radius 1 is 1.20 bits per heavy atom. The van der Waals surface area contributed by atoms with Gasteiger partial charge in [0.15, 0.2) is 0 Å². The Kier molecular flexibility index (Phi) is 4.68. The zero-order valence-electron chi connectivity index (χ0n) is 17.6. The van der Waals surface area contributed by atoms with Gasteiger partial charge in [-0.15, -0.1) is 10.2 Å². The lowest BCUT2D eigenvalue weighted by atomic mass is 9.95. The highest BCUT2D eigenvalue weighted by Crippen LogP contribution is 2.44. The Morgan fingerprint density at radius 2 is 2.07 bits per heavy atom. The molecule has 1 amide bonds. The number of benzene rings is 1. The molecule has 1 N–H and O–H groups in total. The van der Waals surface area contributed by atoms with Crippen molar-refractivity contribution in [2.75, 3.05) is 0 Å². The summed E-state index contributed by atoms with van der Waals surface area (Å²) < 4.78 is 7.42. The molecule has 7 nitrogen and oxygen atoms in total. The number of nitrogens with one attached hydrogen (secondary N) is 1. The van der Waals surface area contributed by atoms with Crippen molar-refractivity contribution in [3.63, 3.8) is 0 Å². The predicted molar refractivity (Wildman–Crippen MR) is 112 cm³/mol. The standard InChI is InChI=1S/C23H27N5O2/c1-13(2)21-12-20(23-26-25-14(3)30-23)27-28(21)18-6-4-5-17(11-18)22(29)24-19-10-15-7-8-16(19)9-15/h4-6,11-13,15-16,19H,7-10H2,1-3H3,(H,24,29)/t15-,16+,19?/m0/s1. The van der Waals surface area contributed by atoms with Gasteiger partial charge in [-0.1, -0.05) is 26.3 Å². The van der Waals surface area contributed by atoms with E-state index in [1.165, 1.54) is 19.3 Å². The van der Waals surface area contributed by atoms with Crippen LogP contribution in [0.15, 0.2) is 34.7 Å². The highest BCUT2D eigenvalue weighted by atomic mass is 16.4. The van der Waals surface area contributed by atoms with Gasteiger partial charge in [0, 0.05) is 24.2 Å². The zero-order valence-corrected chi connectivity index (χ0v) is 17.6. The van der Waals surface area contributed by atoms with E-state index in [4.69, 9.17) is 9.52 Å². The lowest BCUT2D eigenvalue weighted by Crippen LogP contribution is -2.38. The average molecular weight is 406 g/mol. The minimum atomic E-state index is 0.000373. The van der Waals surface area contributed by atoms with Crippen LogP contribution in [-0.4, -0.2) is 31.9 Å². The lowest BCUT2D eigenvalue weighted by Gasteiger charge is -2.23. The van der Waals surface area contributed by atoms with Gasteiger partial charge in [0.1, 0.15) is 5.69 Å². The molecule has 0 radical (unpaired) electrons. The zero-order chi connectivity index (χ0) is 20.8. The van der Waals surface area contributed by atoms with Gasteiger partial charge in [0.2, 0.25) is 5.89 Å². The van der Waals surface area contributed by atoms with E-state index in [-0.39, 0.29) is 11.8 Å². The summed E-state index contributed by atoms with van der Waals surface area (Å²) in [6.07, 6.45) is 4.97. The molecule has 2 bridgehead atoms. The van der Waals surface area contributed by atoms with E-state index in [1.807, 2.05) is 35.0 Å². The largest absolute Gasteiger partial charge is 0.420 e. The van der Waals surface area contributed by atoms with Crippen molar-refractivity contribution in [1.29, 1.82) is 0 Å². The molecule has 2 aliphatic rings. The van der Waals surface area contributed by atoms with Gasteiger partial charge in [-0.05, 0) is 61.3 Å². The van der Waals surface area contributed by atoms with Gasteiger partial charge >= 0.3 is 0 Å². The van der Waals surface area contributed by atoms with Gasteiger partial charge in [-0.25, -0.2) is 4.68 Å². The van der Waals surface area contributed by atoms with E-state index in [2.05, 4.69) is 29.4 Å². The fourth-order valence-corrected chi connectivity index (χ4v) is 4.97. The number of carbonyl (C=O) groups is 1. The van der Waals surface area contributed by atoms with Crippen LogP contribution in [-0.2, 0) is 0 Å². The van der Waals surface area contributed by atoms with Crippen molar-refractivity contribution in [2.45, 2.75) is 58.4 Å². The number of nitrogens with zero attached hydrogens (tertiary/aromatic N) is 4. The maximum absolute atomic E-state index is 12.9. The van der Waals surface area contributed by atoms with Crippen molar-refractivity contribution in [1.82, 2.24) is 25.3 Å². The summed E-state index contributed by atoms with van der Waals surface area (Å²) in [5.74, 6) is 2.60. The molecule has 2 heterocycles. The minimum absolute atomic E-state index is 0.000373. The Morgan fingerprint density at radius 3 is 2.73 bits per heavy atom. The molecule has 0 spiro atoms. The smallest absolute Gasteiger partial charge is 0.268 e. The first-order valence-corrected chi connectivity index (χ1v) is 10.8. The molecule has 30 heavy (non-hydrogen) atoms. The highest BCUT2D eigenvalue weighted by molar-refractivity contribution is 5.95. The van der Waals surface area contributed by atoms with Crippen molar-refractivity contribution in [3.8, 4) is 17.3 Å². The van der Waals surface area contributed by atoms with Crippen LogP contribution >= 0.6 is 0 Å². The second-order valence-corrected chi connectivity index (χ2v) is 8.95. The van der Waals surface area contributed by atoms with Crippen LogP contribution in [0.3, 0.4) is 0 Å². The van der Waals surface area contributed by atoms with E-state index >= 15 is 0 Å². The normalized spacial score (nSPS) is 22.7. The molecule has 2 saturated carbocycles. The molecule has 2 aromatic heterocycles. The summed E-state index contributed by atoms with van der Waals surface area (Å²) in [7, 11) is 0. The topological polar surface area (TPSA) is 85.8 Å². The van der Waals surface area contributed by atoms with Gasteiger partial charge in [-0.2, -0.15) is 5.10 Å². The number of aryl methyl sites for hydroxylation is 1. The molecule has 3 aromatic rings. The molecule has 2 aliphatic carbocycles. The molecule has 5 rings (SSSR count). The molecule has 1 aromatic carbocycles. The third kappa shape index (κ3) is 3.42. The summed E-state index contributed by atoms with van der Waals surface area (Å²) in [6, 6.07) is 9.95. The van der Waals surface area contributed by atoms with Crippen LogP contribution in [0, 0.1) is 18.8 Å². The van der Waals surface area contributed by atoms with Crippen LogP contribution in [0.4, 0.5) is 0 Å². The van der Waals surface area contributed by atoms with Crippen LogP contribution in [0.25, 0.3) is 17.3 Å². The van der Waals surface area contributed by atoms with Gasteiger partial charge < -0.3 is 9.73 Å². The monoisotopic (exact) mass is 405 g/mol. The quantitative estimate of drug-likeness (QED) is 0.685. The van der Waals surface area contributed by atoms with Crippen molar-refractivity contribution < 1.29 is 9.21 Å². The number of aromatic nitrogens is 4. The van der Waals surface area contributed by atoms with Gasteiger partial charge in [-0.3, -0.25) is 4.79 Å². The number of rotatable bonds is 5. The van der Waals surface area contributed by atoms with Crippen molar-refractivity contribution >= 4 is 5.91 Å². The summed E-state index contributed by atoms with van der Waals surface area (Å²) in [5, 5.41) is 16.0. The summed E-state index contributed by atoms with van der Waals surface area (Å²) in [4.78, 5) is 12.9. The Labute approximate surface area is 175 Å².